The van der Waals surface area contributed by atoms with Gasteiger partial charge in [0.2, 0.25) is 5.95 Å². The number of anilines is 2. The first-order valence-electron chi connectivity index (χ1n) is 5.34. The zero-order chi connectivity index (χ0) is 12.5. The second kappa shape index (κ2) is 4.22. The molecule has 0 bridgehead atoms. The highest BCUT2D eigenvalue weighted by molar-refractivity contribution is 7.11. The summed E-state index contributed by atoms with van der Waals surface area (Å²) in [6.07, 6.45) is 3.42. The van der Waals surface area contributed by atoms with Crippen LogP contribution in [0.2, 0.25) is 0 Å². The normalized spacial score (nSPS) is 10.9. The van der Waals surface area contributed by atoms with Crippen LogP contribution in [0.3, 0.4) is 0 Å². The molecule has 0 saturated heterocycles. The van der Waals surface area contributed by atoms with Crippen molar-refractivity contribution in [1.82, 2.24) is 24.9 Å². The van der Waals surface area contributed by atoms with Crippen LogP contribution in [-0.4, -0.2) is 24.9 Å². The number of fused-ring (bicyclic) bond motifs is 1. The van der Waals surface area contributed by atoms with E-state index in [1.165, 1.54) is 4.88 Å². The zero-order valence-electron chi connectivity index (χ0n) is 9.64. The van der Waals surface area contributed by atoms with Gasteiger partial charge in [0.25, 0.3) is 0 Å². The molecule has 0 aliphatic rings. The number of nitrogen functional groups attached to an aromatic ring is 1. The molecule has 3 aromatic heterocycles. The summed E-state index contributed by atoms with van der Waals surface area (Å²) in [5.74, 6) is 0.843. The van der Waals surface area contributed by atoms with Crippen molar-refractivity contribution in [3.8, 4) is 0 Å². The summed E-state index contributed by atoms with van der Waals surface area (Å²) in [6, 6.07) is 0. The molecular formula is C10H11N7S. The lowest BCUT2D eigenvalue weighted by Crippen LogP contribution is -2.05. The van der Waals surface area contributed by atoms with Gasteiger partial charge in [0.05, 0.1) is 12.9 Å². The number of rotatable bonds is 3. The first kappa shape index (κ1) is 10.9. The highest BCUT2D eigenvalue weighted by Crippen LogP contribution is 2.19. The number of hydrogen-bond donors (Lipinski definition) is 3. The molecule has 7 nitrogen and oxygen atoms in total. The molecule has 0 aliphatic carbocycles. The molecule has 3 rings (SSSR count). The smallest absolute Gasteiger partial charge is 0.224 e. The average molecular weight is 261 g/mol. The lowest BCUT2D eigenvalue weighted by atomic mass is 10.5. The Hall–Kier alpha value is -2.22. The molecule has 3 heterocycles. The number of hydrogen-bond acceptors (Lipinski definition) is 7. The lowest BCUT2D eigenvalue weighted by Gasteiger charge is -2.04. The molecule has 0 amide bonds. The minimum absolute atomic E-state index is 0.201. The largest absolute Gasteiger partial charge is 0.368 e. The van der Waals surface area contributed by atoms with Crippen molar-refractivity contribution >= 4 is 34.3 Å². The topological polar surface area (TPSA) is 105 Å². The van der Waals surface area contributed by atoms with Crippen LogP contribution in [0.4, 0.5) is 11.8 Å². The summed E-state index contributed by atoms with van der Waals surface area (Å²) in [5, 5.41) is 4.19. The highest BCUT2D eigenvalue weighted by Gasteiger charge is 2.08. The number of H-pyrrole nitrogens is 1. The molecule has 0 fully saturated rings. The Balaban J connectivity index is 1.87. The minimum atomic E-state index is 0.201. The molecule has 0 atom stereocenters. The van der Waals surface area contributed by atoms with Crippen LogP contribution in [0.5, 0.6) is 0 Å². The van der Waals surface area contributed by atoms with Crippen molar-refractivity contribution in [3.63, 3.8) is 0 Å². The van der Waals surface area contributed by atoms with E-state index in [-0.39, 0.29) is 5.95 Å². The van der Waals surface area contributed by atoms with Gasteiger partial charge in [-0.05, 0) is 6.92 Å². The monoisotopic (exact) mass is 261 g/mol. The van der Waals surface area contributed by atoms with Gasteiger partial charge in [-0.2, -0.15) is 9.97 Å². The van der Waals surface area contributed by atoms with E-state index in [0.717, 1.165) is 10.5 Å². The van der Waals surface area contributed by atoms with Gasteiger partial charge in [0, 0.05) is 11.1 Å². The van der Waals surface area contributed by atoms with Gasteiger partial charge in [0.15, 0.2) is 11.5 Å². The van der Waals surface area contributed by atoms with E-state index in [1.54, 1.807) is 17.7 Å². The number of thiazole rings is 1. The Morgan fingerprint density at radius 1 is 1.39 bits per heavy atom. The second-order valence-corrected chi connectivity index (χ2v) is 5.07. The summed E-state index contributed by atoms with van der Waals surface area (Å²) >= 11 is 1.64. The third-order valence-electron chi connectivity index (χ3n) is 2.38. The number of imidazole rings is 1. The maximum atomic E-state index is 5.63. The van der Waals surface area contributed by atoms with Crippen molar-refractivity contribution in [1.29, 1.82) is 0 Å². The Morgan fingerprint density at radius 3 is 3.06 bits per heavy atom. The van der Waals surface area contributed by atoms with Gasteiger partial charge >= 0.3 is 0 Å². The van der Waals surface area contributed by atoms with E-state index >= 15 is 0 Å². The molecule has 3 aromatic rings. The zero-order valence-corrected chi connectivity index (χ0v) is 10.5. The van der Waals surface area contributed by atoms with Gasteiger partial charge in [-0.25, -0.2) is 9.97 Å². The van der Waals surface area contributed by atoms with Crippen LogP contribution in [0.25, 0.3) is 11.2 Å². The van der Waals surface area contributed by atoms with Crippen LogP contribution < -0.4 is 11.1 Å². The van der Waals surface area contributed by atoms with E-state index in [0.29, 0.717) is 18.0 Å². The fraction of sp³-hybridized carbons (Fsp3) is 0.200. The van der Waals surface area contributed by atoms with Crippen LogP contribution in [-0.2, 0) is 6.54 Å². The van der Waals surface area contributed by atoms with Gasteiger partial charge in [-0.15, -0.1) is 11.3 Å². The quantitative estimate of drug-likeness (QED) is 0.656. The standard InChI is InChI=1S/C10H11N7S/c1-5-2-12-6(18-5)3-13-8-7-9(15-4-14-7)17-10(11)16-8/h2,4H,3H2,1H3,(H4,11,13,14,15,16,17). The summed E-state index contributed by atoms with van der Waals surface area (Å²) in [5.41, 5.74) is 6.93. The van der Waals surface area contributed by atoms with Gasteiger partial charge in [-0.1, -0.05) is 0 Å². The first-order valence-corrected chi connectivity index (χ1v) is 6.16. The first-order chi connectivity index (χ1) is 8.72. The van der Waals surface area contributed by atoms with Crippen molar-refractivity contribution in [2.45, 2.75) is 13.5 Å². The molecule has 8 heteroatoms. The molecule has 0 radical (unpaired) electrons. The molecule has 92 valence electrons. The predicted octanol–water partition coefficient (Wildman–Crippen LogP) is 1.31. The molecule has 18 heavy (non-hydrogen) atoms. The summed E-state index contributed by atoms with van der Waals surface area (Å²) in [4.78, 5) is 20.7. The third-order valence-corrected chi connectivity index (χ3v) is 3.29. The van der Waals surface area contributed by atoms with Crippen molar-refractivity contribution in [2.24, 2.45) is 0 Å². The summed E-state index contributed by atoms with van der Waals surface area (Å²) in [7, 11) is 0. The average Bonchev–Trinajstić information content (AvgIpc) is 2.94. The number of aryl methyl sites for hydroxylation is 1. The van der Waals surface area contributed by atoms with E-state index in [9.17, 15) is 0 Å². The van der Waals surface area contributed by atoms with E-state index < -0.39 is 0 Å². The predicted molar refractivity (Wildman–Crippen MR) is 70.3 cm³/mol. The van der Waals surface area contributed by atoms with Crippen LogP contribution in [0.1, 0.15) is 9.88 Å². The molecule has 0 saturated carbocycles. The number of nitrogens with zero attached hydrogens (tertiary/aromatic N) is 4. The Bertz CT molecular complexity index is 686. The Labute approximate surface area is 107 Å². The number of nitrogens with one attached hydrogen (secondary N) is 2. The summed E-state index contributed by atoms with van der Waals surface area (Å²) in [6.45, 7) is 2.63. The van der Waals surface area contributed by atoms with Gasteiger partial charge in [-0.3, -0.25) is 0 Å². The van der Waals surface area contributed by atoms with Crippen molar-refractivity contribution in [3.05, 3.63) is 22.4 Å². The van der Waals surface area contributed by atoms with Gasteiger partial charge < -0.3 is 16.0 Å². The molecule has 0 aliphatic heterocycles. The van der Waals surface area contributed by atoms with Crippen molar-refractivity contribution in [2.75, 3.05) is 11.1 Å². The second-order valence-electron chi connectivity index (χ2n) is 3.75. The number of aromatic nitrogens is 5. The summed E-state index contributed by atoms with van der Waals surface area (Å²) < 4.78 is 0. The minimum Gasteiger partial charge on any atom is -0.368 e. The fourth-order valence-corrected chi connectivity index (χ4v) is 2.35. The van der Waals surface area contributed by atoms with Crippen LogP contribution >= 0.6 is 11.3 Å². The Morgan fingerprint density at radius 2 is 2.28 bits per heavy atom. The highest BCUT2D eigenvalue weighted by atomic mass is 32.1. The molecule has 4 N–H and O–H groups in total. The van der Waals surface area contributed by atoms with Crippen LogP contribution in [0.15, 0.2) is 12.5 Å². The van der Waals surface area contributed by atoms with Crippen molar-refractivity contribution < 1.29 is 0 Å². The molecular weight excluding hydrogens is 250 g/mol. The SMILES string of the molecule is Cc1cnc(CNc2nc(N)nc3nc[nH]c23)s1. The maximum Gasteiger partial charge on any atom is 0.224 e. The van der Waals surface area contributed by atoms with Gasteiger partial charge in [0.1, 0.15) is 10.5 Å². The van der Waals surface area contributed by atoms with E-state index in [1.807, 2.05) is 13.1 Å². The molecule has 0 aromatic carbocycles. The fourth-order valence-electron chi connectivity index (χ4n) is 1.62. The van der Waals surface area contributed by atoms with E-state index in [2.05, 4.69) is 30.2 Å². The Kier molecular flexibility index (Phi) is 2.56. The van der Waals surface area contributed by atoms with Crippen LogP contribution in [0, 0.1) is 6.92 Å². The number of aromatic amines is 1. The third kappa shape index (κ3) is 1.97. The molecule has 0 spiro atoms. The maximum absolute atomic E-state index is 5.63. The molecule has 0 unspecified atom stereocenters. The lowest BCUT2D eigenvalue weighted by molar-refractivity contribution is 1.07. The number of nitrogens with two attached hydrogens (primary N) is 1. The van der Waals surface area contributed by atoms with E-state index in [4.69, 9.17) is 5.73 Å².